The predicted octanol–water partition coefficient (Wildman–Crippen LogP) is 3.64. The third-order valence-electron chi connectivity index (χ3n) is 3.53. The quantitative estimate of drug-likeness (QED) is 0.922. The van der Waals surface area contributed by atoms with E-state index >= 15 is 0 Å². The fourth-order valence-electron chi connectivity index (χ4n) is 2.39. The van der Waals surface area contributed by atoms with Crippen LogP contribution in [0.3, 0.4) is 0 Å². The maximum absolute atomic E-state index is 13.1. The summed E-state index contributed by atoms with van der Waals surface area (Å²) in [6, 6.07) is 1.36. The van der Waals surface area contributed by atoms with E-state index in [0.29, 0.717) is 0 Å². The molecular weight excluding hydrogens is 283 g/mol. The highest BCUT2D eigenvalue weighted by Crippen LogP contribution is 2.66. The first kappa shape index (κ1) is 14.1. The molecule has 1 fully saturated rings. The Balaban J connectivity index is 2.40. The number of carboxylic acid groups (broad SMARTS) is 1. The molecular formula is C12H11ClF3NO2. The van der Waals surface area contributed by atoms with Gasteiger partial charge < -0.3 is 5.11 Å². The molecule has 1 aromatic heterocycles. The van der Waals surface area contributed by atoms with Gasteiger partial charge in [0.1, 0.15) is 0 Å². The van der Waals surface area contributed by atoms with Gasteiger partial charge in [0.05, 0.1) is 16.9 Å². The molecule has 104 valence electrons. The Morgan fingerprint density at radius 3 is 2.53 bits per heavy atom. The van der Waals surface area contributed by atoms with Crippen molar-refractivity contribution in [1.29, 1.82) is 0 Å². The molecule has 0 radical (unpaired) electrons. The Bertz CT molecular complexity index is 500. The molecule has 1 aliphatic rings. The van der Waals surface area contributed by atoms with Gasteiger partial charge in [-0.1, -0.05) is 11.6 Å². The number of pyridine rings is 1. The molecule has 0 amide bonds. The summed E-state index contributed by atoms with van der Waals surface area (Å²) in [5.74, 6) is -2.41. The van der Waals surface area contributed by atoms with Crippen molar-refractivity contribution in [3.8, 4) is 0 Å². The fraction of sp³-hybridized carbons (Fsp3) is 0.500. The van der Waals surface area contributed by atoms with E-state index in [1.54, 1.807) is 0 Å². The first-order chi connectivity index (χ1) is 8.76. The zero-order valence-corrected chi connectivity index (χ0v) is 10.5. The molecule has 1 aliphatic carbocycles. The number of carbonyl (C=O) groups is 1. The molecule has 1 heterocycles. The second kappa shape index (κ2) is 4.67. The lowest BCUT2D eigenvalue weighted by Gasteiger charge is -2.28. The van der Waals surface area contributed by atoms with Gasteiger partial charge in [0, 0.05) is 18.3 Å². The smallest absolute Gasteiger partial charge is 0.395 e. The maximum Gasteiger partial charge on any atom is 0.395 e. The zero-order chi connectivity index (χ0) is 14.3. The van der Waals surface area contributed by atoms with E-state index in [9.17, 15) is 18.0 Å². The van der Waals surface area contributed by atoms with Crippen LogP contribution in [0.25, 0.3) is 0 Å². The summed E-state index contributed by atoms with van der Waals surface area (Å²) in [5, 5.41) is 9.05. The Kier molecular flexibility index (Phi) is 3.47. The Morgan fingerprint density at radius 1 is 1.47 bits per heavy atom. The van der Waals surface area contributed by atoms with Crippen molar-refractivity contribution in [3.05, 3.63) is 29.0 Å². The number of hydrogen-bond donors (Lipinski definition) is 1. The number of carboxylic acids is 1. The topological polar surface area (TPSA) is 50.2 Å². The van der Waals surface area contributed by atoms with Gasteiger partial charge in [-0.2, -0.15) is 13.2 Å². The highest BCUT2D eigenvalue weighted by molar-refractivity contribution is 6.30. The van der Waals surface area contributed by atoms with Crippen LogP contribution in [0.4, 0.5) is 13.2 Å². The summed E-state index contributed by atoms with van der Waals surface area (Å²) >= 11 is 5.72. The van der Waals surface area contributed by atoms with Gasteiger partial charge in [-0.05, 0) is 24.5 Å². The fourth-order valence-corrected chi connectivity index (χ4v) is 2.57. The number of halogens is 4. The molecule has 0 aromatic carbocycles. The van der Waals surface area contributed by atoms with E-state index < -0.39 is 29.9 Å². The average molecular weight is 294 g/mol. The summed E-state index contributed by atoms with van der Waals surface area (Å²) in [7, 11) is 0. The first-order valence-corrected chi connectivity index (χ1v) is 6.03. The number of nitrogens with zero attached hydrogens (tertiary/aromatic N) is 1. The molecule has 0 bridgehead atoms. The molecule has 7 heteroatoms. The van der Waals surface area contributed by atoms with Crippen molar-refractivity contribution in [2.75, 3.05) is 0 Å². The predicted molar refractivity (Wildman–Crippen MR) is 62.0 cm³/mol. The molecule has 0 spiro atoms. The highest BCUT2D eigenvalue weighted by atomic mass is 35.5. The van der Waals surface area contributed by atoms with Gasteiger partial charge in [-0.15, -0.1) is 0 Å². The summed E-state index contributed by atoms with van der Waals surface area (Å²) in [6.45, 7) is 0. The van der Waals surface area contributed by atoms with E-state index in [1.165, 1.54) is 18.5 Å². The van der Waals surface area contributed by atoms with Crippen LogP contribution >= 0.6 is 11.6 Å². The normalized spacial score (nSPS) is 18.9. The van der Waals surface area contributed by atoms with Gasteiger partial charge >= 0.3 is 12.1 Å². The zero-order valence-electron chi connectivity index (χ0n) is 9.75. The second-order valence-electron chi connectivity index (χ2n) is 4.74. The molecule has 1 saturated carbocycles. The van der Waals surface area contributed by atoms with Gasteiger partial charge in [0.25, 0.3) is 0 Å². The average Bonchev–Trinajstić information content (AvgIpc) is 3.05. The minimum atomic E-state index is -4.42. The molecule has 3 nitrogen and oxygen atoms in total. The van der Waals surface area contributed by atoms with Gasteiger partial charge in [-0.25, -0.2) is 0 Å². The largest absolute Gasteiger partial charge is 0.481 e. The summed E-state index contributed by atoms with van der Waals surface area (Å²) < 4.78 is 39.4. The van der Waals surface area contributed by atoms with Crippen LogP contribution < -0.4 is 0 Å². The summed E-state index contributed by atoms with van der Waals surface area (Å²) in [4.78, 5) is 14.6. The van der Waals surface area contributed by atoms with Gasteiger partial charge in [0.15, 0.2) is 0 Å². The molecule has 0 aliphatic heterocycles. The Labute approximate surface area is 112 Å². The highest BCUT2D eigenvalue weighted by Gasteiger charge is 2.67. The maximum atomic E-state index is 13.1. The van der Waals surface area contributed by atoms with Crippen LogP contribution in [0, 0.1) is 5.41 Å². The number of aromatic nitrogens is 1. The van der Waals surface area contributed by atoms with E-state index in [0.717, 1.165) is 0 Å². The van der Waals surface area contributed by atoms with Crippen LogP contribution in [0.5, 0.6) is 0 Å². The Morgan fingerprint density at radius 2 is 2.11 bits per heavy atom. The van der Waals surface area contributed by atoms with Gasteiger partial charge in [0.2, 0.25) is 0 Å². The number of aliphatic carboxylic acids is 1. The number of rotatable bonds is 4. The summed E-state index contributed by atoms with van der Waals surface area (Å²) in [6.07, 6.45) is -2.56. The van der Waals surface area contributed by atoms with E-state index in [2.05, 4.69) is 4.98 Å². The first-order valence-electron chi connectivity index (χ1n) is 5.65. The van der Waals surface area contributed by atoms with Crippen LogP contribution in [0.15, 0.2) is 18.5 Å². The Hall–Kier alpha value is -1.30. The number of hydrogen-bond acceptors (Lipinski definition) is 2. The van der Waals surface area contributed by atoms with Gasteiger partial charge in [-0.3, -0.25) is 9.78 Å². The third-order valence-corrected chi connectivity index (χ3v) is 3.73. The molecule has 1 atom stereocenters. The molecule has 0 saturated heterocycles. The molecule has 2 rings (SSSR count). The van der Waals surface area contributed by atoms with Crippen LogP contribution in [-0.4, -0.2) is 22.2 Å². The molecule has 1 N–H and O–H groups in total. The number of alkyl halides is 3. The summed E-state index contributed by atoms with van der Waals surface area (Å²) in [5.41, 5.74) is -1.72. The van der Waals surface area contributed by atoms with E-state index in [4.69, 9.17) is 16.7 Å². The molecule has 19 heavy (non-hydrogen) atoms. The van der Waals surface area contributed by atoms with E-state index in [-0.39, 0.29) is 23.4 Å². The van der Waals surface area contributed by atoms with Crippen molar-refractivity contribution < 1.29 is 23.1 Å². The third kappa shape index (κ3) is 2.68. The second-order valence-corrected chi connectivity index (χ2v) is 5.18. The van der Waals surface area contributed by atoms with Crippen molar-refractivity contribution in [1.82, 2.24) is 4.98 Å². The standard InChI is InChI=1S/C12H11ClF3NO2/c13-8-3-7(5-17-6-8)9(4-10(18)19)11(1-2-11)12(14,15)16/h3,5-6,9H,1-2,4H2,(H,18,19). The minimum absolute atomic E-state index is 0.0546. The SMILES string of the molecule is O=C(O)CC(c1cncc(Cl)c1)C1(C(F)(F)F)CC1. The van der Waals surface area contributed by atoms with E-state index in [1.807, 2.05) is 0 Å². The lowest BCUT2D eigenvalue weighted by Crippen LogP contribution is -2.32. The lowest BCUT2D eigenvalue weighted by molar-refractivity contribution is -0.195. The lowest BCUT2D eigenvalue weighted by atomic mass is 9.81. The minimum Gasteiger partial charge on any atom is -0.481 e. The van der Waals surface area contributed by atoms with Crippen molar-refractivity contribution in [2.45, 2.75) is 31.4 Å². The van der Waals surface area contributed by atoms with Crippen molar-refractivity contribution in [3.63, 3.8) is 0 Å². The molecule has 1 unspecified atom stereocenters. The van der Waals surface area contributed by atoms with Crippen LogP contribution in [0.2, 0.25) is 5.02 Å². The van der Waals surface area contributed by atoms with Crippen molar-refractivity contribution in [2.24, 2.45) is 5.41 Å². The van der Waals surface area contributed by atoms with Crippen molar-refractivity contribution >= 4 is 17.6 Å². The monoisotopic (exact) mass is 293 g/mol. The van der Waals surface area contributed by atoms with Crippen LogP contribution in [0.1, 0.15) is 30.7 Å². The van der Waals surface area contributed by atoms with Crippen LogP contribution in [-0.2, 0) is 4.79 Å². The molecule has 1 aromatic rings.